The van der Waals surface area contributed by atoms with Crippen molar-refractivity contribution in [3.63, 3.8) is 0 Å². The number of likely N-dealkylation sites (tertiary alicyclic amines) is 1. The van der Waals surface area contributed by atoms with Gasteiger partial charge in [-0.25, -0.2) is 8.78 Å². The number of Topliss-reactive ketones (excluding diaryl/α,β-unsaturated/α-hetero) is 1. The van der Waals surface area contributed by atoms with Crippen molar-refractivity contribution in [1.29, 1.82) is 0 Å². The summed E-state index contributed by atoms with van der Waals surface area (Å²) in [6.45, 7) is 0.959. The highest BCUT2D eigenvalue weighted by molar-refractivity contribution is 5.98. The SMILES string of the molecule is N[C@@H]1CN(C(=O)CCC(=O)c2ccc(F)c(F)c2)C[C@H]1c1ccccc1. The largest absolute Gasteiger partial charge is 0.340 e. The standard InChI is InChI=1S/C20H20F2N2O2/c21-16-7-6-14(10-17(16)22)19(25)8-9-20(26)24-11-15(18(23)12-24)13-4-2-1-3-5-13/h1-7,10,15,18H,8-9,11-12,23H2/t15-,18+/m0/s1. The molecule has 1 heterocycles. The van der Waals surface area contributed by atoms with E-state index in [1.807, 2.05) is 30.3 Å². The highest BCUT2D eigenvalue weighted by Crippen LogP contribution is 2.27. The van der Waals surface area contributed by atoms with Crippen molar-refractivity contribution in [2.75, 3.05) is 13.1 Å². The van der Waals surface area contributed by atoms with Gasteiger partial charge in [0.25, 0.3) is 0 Å². The second-order valence-corrected chi connectivity index (χ2v) is 6.53. The Morgan fingerprint density at radius 1 is 1.00 bits per heavy atom. The maximum absolute atomic E-state index is 13.2. The third-order valence-corrected chi connectivity index (χ3v) is 4.75. The molecule has 0 bridgehead atoms. The van der Waals surface area contributed by atoms with E-state index < -0.39 is 11.6 Å². The molecule has 4 nitrogen and oxygen atoms in total. The quantitative estimate of drug-likeness (QED) is 0.836. The van der Waals surface area contributed by atoms with Crippen molar-refractivity contribution in [2.45, 2.75) is 24.8 Å². The fraction of sp³-hybridized carbons (Fsp3) is 0.300. The van der Waals surface area contributed by atoms with E-state index in [4.69, 9.17) is 5.73 Å². The predicted molar refractivity (Wildman–Crippen MR) is 93.7 cm³/mol. The molecule has 1 fully saturated rings. The summed E-state index contributed by atoms with van der Waals surface area (Å²) in [5, 5.41) is 0. The molecule has 1 aliphatic rings. The van der Waals surface area contributed by atoms with E-state index >= 15 is 0 Å². The van der Waals surface area contributed by atoms with Crippen molar-refractivity contribution in [2.24, 2.45) is 5.73 Å². The van der Waals surface area contributed by atoms with Crippen molar-refractivity contribution in [1.82, 2.24) is 4.90 Å². The van der Waals surface area contributed by atoms with Crippen molar-refractivity contribution >= 4 is 11.7 Å². The number of nitrogens with zero attached hydrogens (tertiary/aromatic N) is 1. The number of carbonyl (C=O) groups excluding carboxylic acids is 2. The van der Waals surface area contributed by atoms with Crippen molar-refractivity contribution in [3.05, 3.63) is 71.3 Å². The molecular formula is C20H20F2N2O2. The van der Waals surface area contributed by atoms with E-state index in [9.17, 15) is 18.4 Å². The molecule has 0 aliphatic carbocycles. The molecule has 26 heavy (non-hydrogen) atoms. The smallest absolute Gasteiger partial charge is 0.223 e. The van der Waals surface area contributed by atoms with Gasteiger partial charge in [0.1, 0.15) is 0 Å². The summed E-state index contributed by atoms with van der Waals surface area (Å²) in [7, 11) is 0. The Hall–Kier alpha value is -2.60. The lowest BCUT2D eigenvalue weighted by Gasteiger charge is -2.16. The van der Waals surface area contributed by atoms with Gasteiger partial charge in [-0.3, -0.25) is 9.59 Å². The van der Waals surface area contributed by atoms with Gasteiger partial charge in [0.15, 0.2) is 17.4 Å². The number of amides is 1. The summed E-state index contributed by atoms with van der Waals surface area (Å²) >= 11 is 0. The van der Waals surface area contributed by atoms with Crippen LogP contribution in [0.5, 0.6) is 0 Å². The van der Waals surface area contributed by atoms with Crippen LogP contribution >= 0.6 is 0 Å². The highest BCUT2D eigenvalue weighted by Gasteiger charge is 2.33. The maximum Gasteiger partial charge on any atom is 0.223 e. The first-order valence-electron chi connectivity index (χ1n) is 8.52. The second-order valence-electron chi connectivity index (χ2n) is 6.53. The third kappa shape index (κ3) is 3.96. The fourth-order valence-corrected chi connectivity index (χ4v) is 3.28. The Morgan fingerprint density at radius 3 is 2.42 bits per heavy atom. The minimum Gasteiger partial charge on any atom is -0.340 e. The molecule has 136 valence electrons. The van der Waals surface area contributed by atoms with Crippen LogP contribution in [-0.2, 0) is 4.79 Å². The van der Waals surface area contributed by atoms with Crippen LogP contribution in [0, 0.1) is 11.6 Å². The molecule has 0 radical (unpaired) electrons. The van der Waals surface area contributed by atoms with E-state index in [2.05, 4.69) is 0 Å². The van der Waals surface area contributed by atoms with Gasteiger partial charge in [-0.2, -0.15) is 0 Å². The summed E-state index contributed by atoms with van der Waals surface area (Å²) in [5.74, 6) is -2.55. The van der Waals surface area contributed by atoms with Crippen LogP contribution in [0.15, 0.2) is 48.5 Å². The van der Waals surface area contributed by atoms with Crippen LogP contribution in [0.2, 0.25) is 0 Å². The van der Waals surface area contributed by atoms with Gasteiger partial charge in [-0.05, 0) is 23.8 Å². The first kappa shape index (κ1) is 18.2. The van der Waals surface area contributed by atoms with E-state index in [1.165, 1.54) is 6.07 Å². The van der Waals surface area contributed by atoms with Crippen LogP contribution in [-0.4, -0.2) is 35.7 Å². The molecule has 0 aromatic heterocycles. The minimum atomic E-state index is -1.07. The van der Waals surface area contributed by atoms with E-state index in [0.717, 1.165) is 17.7 Å². The van der Waals surface area contributed by atoms with Gasteiger partial charge >= 0.3 is 0 Å². The Labute approximate surface area is 150 Å². The number of rotatable bonds is 5. The number of ketones is 1. The maximum atomic E-state index is 13.2. The average Bonchev–Trinajstić information content (AvgIpc) is 3.04. The minimum absolute atomic E-state index is 0.0199. The van der Waals surface area contributed by atoms with Crippen LogP contribution in [0.25, 0.3) is 0 Å². The zero-order valence-corrected chi connectivity index (χ0v) is 14.2. The molecule has 2 aromatic rings. The number of hydrogen-bond acceptors (Lipinski definition) is 3. The molecular weight excluding hydrogens is 338 g/mol. The van der Waals surface area contributed by atoms with Crippen LogP contribution in [0.1, 0.15) is 34.7 Å². The van der Waals surface area contributed by atoms with Crippen molar-refractivity contribution < 1.29 is 18.4 Å². The Balaban J connectivity index is 1.57. The predicted octanol–water partition coefficient (Wildman–Crippen LogP) is 2.88. The molecule has 1 aliphatic heterocycles. The number of benzene rings is 2. The van der Waals surface area contributed by atoms with Gasteiger partial charge in [-0.15, -0.1) is 0 Å². The lowest BCUT2D eigenvalue weighted by molar-refractivity contribution is -0.130. The normalized spacial score (nSPS) is 19.6. The summed E-state index contributed by atoms with van der Waals surface area (Å²) in [6, 6.07) is 12.6. The Kier molecular flexibility index (Phi) is 5.42. The highest BCUT2D eigenvalue weighted by atomic mass is 19.2. The molecule has 2 aromatic carbocycles. The van der Waals surface area contributed by atoms with Crippen LogP contribution < -0.4 is 5.73 Å². The number of hydrogen-bond donors (Lipinski definition) is 1. The monoisotopic (exact) mass is 358 g/mol. The van der Waals surface area contributed by atoms with Crippen LogP contribution in [0.4, 0.5) is 8.78 Å². The summed E-state index contributed by atoms with van der Waals surface area (Å²) in [4.78, 5) is 26.2. The molecule has 1 amide bonds. The molecule has 3 rings (SSSR count). The number of halogens is 2. The molecule has 0 spiro atoms. The lowest BCUT2D eigenvalue weighted by Crippen LogP contribution is -2.32. The molecule has 2 N–H and O–H groups in total. The molecule has 2 atom stereocenters. The van der Waals surface area contributed by atoms with E-state index in [1.54, 1.807) is 4.90 Å². The Morgan fingerprint density at radius 2 is 1.73 bits per heavy atom. The zero-order chi connectivity index (χ0) is 18.7. The van der Waals surface area contributed by atoms with Gasteiger partial charge in [-0.1, -0.05) is 30.3 Å². The van der Waals surface area contributed by atoms with Crippen molar-refractivity contribution in [3.8, 4) is 0 Å². The van der Waals surface area contributed by atoms with E-state index in [0.29, 0.717) is 13.1 Å². The first-order chi connectivity index (χ1) is 12.5. The molecule has 0 saturated carbocycles. The summed E-state index contributed by atoms with van der Waals surface area (Å²) in [6.07, 6.45) is -0.0301. The summed E-state index contributed by atoms with van der Waals surface area (Å²) < 4.78 is 26.2. The topological polar surface area (TPSA) is 63.4 Å². The van der Waals surface area contributed by atoms with Gasteiger partial charge in [0.2, 0.25) is 5.91 Å². The lowest BCUT2D eigenvalue weighted by atomic mass is 9.95. The summed E-state index contributed by atoms with van der Waals surface area (Å²) in [5.41, 5.74) is 7.34. The number of carbonyl (C=O) groups is 2. The van der Waals surface area contributed by atoms with Crippen LogP contribution in [0.3, 0.4) is 0 Å². The van der Waals surface area contributed by atoms with Gasteiger partial charge < -0.3 is 10.6 Å². The second kappa shape index (κ2) is 7.74. The zero-order valence-electron chi connectivity index (χ0n) is 14.2. The number of nitrogens with two attached hydrogens (primary N) is 1. The Bertz CT molecular complexity index is 811. The van der Waals surface area contributed by atoms with E-state index in [-0.39, 0.29) is 42.1 Å². The average molecular weight is 358 g/mol. The first-order valence-corrected chi connectivity index (χ1v) is 8.52. The molecule has 0 unspecified atom stereocenters. The fourth-order valence-electron chi connectivity index (χ4n) is 3.28. The third-order valence-electron chi connectivity index (χ3n) is 4.75. The molecule has 1 saturated heterocycles. The van der Waals surface area contributed by atoms with Gasteiger partial charge in [0, 0.05) is 43.5 Å². The molecule has 6 heteroatoms. The van der Waals surface area contributed by atoms with Gasteiger partial charge in [0.05, 0.1) is 0 Å².